The second-order valence-corrected chi connectivity index (χ2v) is 8.29. The summed E-state index contributed by atoms with van der Waals surface area (Å²) >= 11 is 0. The highest BCUT2D eigenvalue weighted by Gasteiger charge is 2.34. The van der Waals surface area contributed by atoms with Crippen LogP contribution in [-0.4, -0.2) is 0 Å². The van der Waals surface area contributed by atoms with Gasteiger partial charge < -0.3 is 0 Å². The van der Waals surface area contributed by atoms with Crippen LogP contribution < -0.4 is 0 Å². The fraction of sp³-hybridized carbons (Fsp3) is 0.214. The van der Waals surface area contributed by atoms with Gasteiger partial charge in [0.05, 0.1) is 0 Å². The second-order valence-electron chi connectivity index (χ2n) is 8.29. The number of rotatable bonds is 2. The lowest BCUT2D eigenvalue weighted by molar-refractivity contribution is 0.893. The van der Waals surface area contributed by atoms with Gasteiger partial charge in [-0.1, -0.05) is 83.9 Å². The molecule has 2 atom stereocenters. The Hall–Kier alpha value is -2.86. The van der Waals surface area contributed by atoms with Gasteiger partial charge in [-0.05, 0) is 72.2 Å². The van der Waals surface area contributed by atoms with Crippen molar-refractivity contribution in [2.45, 2.75) is 39.5 Å². The third-order valence-corrected chi connectivity index (χ3v) is 7.02. The molecule has 0 heteroatoms. The predicted molar refractivity (Wildman–Crippen MR) is 120 cm³/mol. The third kappa shape index (κ3) is 2.31. The fourth-order valence-corrected chi connectivity index (χ4v) is 5.34. The van der Waals surface area contributed by atoms with E-state index in [0.29, 0.717) is 11.8 Å². The van der Waals surface area contributed by atoms with E-state index in [1.54, 1.807) is 0 Å². The van der Waals surface area contributed by atoms with Gasteiger partial charge in [-0.25, -0.2) is 0 Å². The predicted octanol–water partition coefficient (Wildman–Crippen LogP) is 7.56. The second kappa shape index (κ2) is 6.34. The molecule has 0 saturated carbocycles. The molecule has 0 aromatic heterocycles. The van der Waals surface area contributed by atoms with Crippen LogP contribution >= 0.6 is 0 Å². The van der Waals surface area contributed by atoms with E-state index in [-0.39, 0.29) is 0 Å². The molecule has 0 fully saturated rings. The van der Waals surface area contributed by atoms with Crippen LogP contribution in [0.1, 0.15) is 72.9 Å². The van der Waals surface area contributed by atoms with Gasteiger partial charge in [0, 0.05) is 11.8 Å². The summed E-state index contributed by atoms with van der Waals surface area (Å²) in [5.74, 6) is 0.710. The molecule has 0 saturated heterocycles. The average Bonchev–Trinajstić information content (AvgIpc) is 3.13. The van der Waals surface area contributed by atoms with E-state index >= 15 is 0 Å². The molecule has 0 heterocycles. The Morgan fingerprint density at radius 2 is 0.750 bits per heavy atom. The minimum atomic E-state index is 0.355. The first-order chi connectivity index (χ1) is 13.6. The highest BCUT2D eigenvalue weighted by Crippen LogP contribution is 2.51. The minimum Gasteiger partial charge on any atom is -0.0619 e. The van der Waals surface area contributed by atoms with Crippen LogP contribution in [0, 0.1) is 0 Å². The molecule has 0 bridgehead atoms. The van der Waals surface area contributed by atoms with Gasteiger partial charge in [-0.3, -0.25) is 0 Å². The first-order valence-corrected chi connectivity index (χ1v) is 10.2. The standard InChI is InChI=1S/C28H26/c1-17-19(3)27(23-13-7-5-11-21(17)23)25-15-9-10-16-26(25)28-20(4)18(2)22-12-6-8-14-24(22)28/h5-16,27-28H,1-4H3. The van der Waals surface area contributed by atoms with E-state index < -0.39 is 0 Å². The molecule has 138 valence electrons. The smallest absolute Gasteiger partial charge is 0.0311 e. The monoisotopic (exact) mass is 362 g/mol. The summed E-state index contributed by atoms with van der Waals surface area (Å²) in [6, 6.07) is 27.0. The summed E-state index contributed by atoms with van der Waals surface area (Å²) < 4.78 is 0. The van der Waals surface area contributed by atoms with Crippen LogP contribution in [0.5, 0.6) is 0 Å². The van der Waals surface area contributed by atoms with E-state index in [1.807, 2.05) is 0 Å². The van der Waals surface area contributed by atoms with Crippen LogP contribution in [0.2, 0.25) is 0 Å². The Bertz CT molecular complexity index is 1060. The van der Waals surface area contributed by atoms with Crippen molar-refractivity contribution in [1.82, 2.24) is 0 Å². The van der Waals surface area contributed by atoms with Gasteiger partial charge in [0.15, 0.2) is 0 Å². The van der Waals surface area contributed by atoms with E-state index in [0.717, 1.165) is 0 Å². The first-order valence-electron chi connectivity index (χ1n) is 10.2. The van der Waals surface area contributed by atoms with Crippen LogP contribution in [0.4, 0.5) is 0 Å². The summed E-state index contributed by atoms with van der Waals surface area (Å²) in [6.07, 6.45) is 0. The number of hydrogen-bond acceptors (Lipinski definition) is 0. The highest BCUT2D eigenvalue weighted by molar-refractivity contribution is 5.81. The maximum Gasteiger partial charge on any atom is 0.0311 e. The Labute approximate surface area is 168 Å². The minimum absolute atomic E-state index is 0.355. The van der Waals surface area contributed by atoms with Gasteiger partial charge in [0.2, 0.25) is 0 Å². The molecule has 2 unspecified atom stereocenters. The number of allylic oxidation sites excluding steroid dienone is 4. The maximum absolute atomic E-state index is 2.35. The van der Waals surface area contributed by atoms with Crippen molar-refractivity contribution in [3.05, 3.63) is 117 Å². The van der Waals surface area contributed by atoms with Gasteiger partial charge in [0.25, 0.3) is 0 Å². The third-order valence-electron chi connectivity index (χ3n) is 7.02. The van der Waals surface area contributed by atoms with Gasteiger partial charge in [-0.2, -0.15) is 0 Å². The van der Waals surface area contributed by atoms with E-state index in [9.17, 15) is 0 Å². The Morgan fingerprint density at radius 3 is 1.14 bits per heavy atom. The van der Waals surface area contributed by atoms with Crippen LogP contribution in [0.15, 0.2) is 83.9 Å². The number of fused-ring (bicyclic) bond motifs is 2. The Morgan fingerprint density at radius 1 is 0.429 bits per heavy atom. The van der Waals surface area contributed by atoms with E-state index in [4.69, 9.17) is 0 Å². The molecule has 0 nitrogen and oxygen atoms in total. The molecule has 2 aliphatic carbocycles. The number of benzene rings is 3. The largest absolute Gasteiger partial charge is 0.0619 e. The van der Waals surface area contributed by atoms with Gasteiger partial charge >= 0.3 is 0 Å². The lowest BCUT2D eigenvalue weighted by Gasteiger charge is -2.24. The molecule has 0 N–H and O–H groups in total. The summed E-state index contributed by atoms with van der Waals surface area (Å²) in [5, 5.41) is 0. The van der Waals surface area contributed by atoms with Crippen molar-refractivity contribution in [1.29, 1.82) is 0 Å². The van der Waals surface area contributed by atoms with Crippen LogP contribution in [-0.2, 0) is 0 Å². The molecule has 0 aliphatic heterocycles. The zero-order valence-corrected chi connectivity index (χ0v) is 17.1. The van der Waals surface area contributed by atoms with Crippen molar-refractivity contribution in [2.24, 2.45) is 0 Å². The van der Waals surface area contributed by atoms with E-state index in [1.165, 1.54) is 55.7 Å². The summed E-state index contributed by atoms with van der Waals surface area (Å²) in [7, 11) is 0. The maximum atomic E-state index is 2.35. The first kappa shape index (κ1) is 17.3. The lowest BCUT2D eigenvalue weighted by atomic mass is 9.79. The van der Waals surface area contributed by atoms with Crippen molar-refractivity contribution in [2.75, 3.05) is 0 Å². The SMILES string of the molecule is CC1=C(C)C(c2ccccc2C2C(C)=C(C)c3ccccc32)c2ccccc21. The van der Waals surface area contributed by atoms with Crippen LogP contribution in [0.25, 0.3) is 11.1 Å². The molecule has 0 spiro atoms. The van der Waals surface area contributed by atoms with Gasteiger partial charge in [-0.15, -0.1) is 0 Å². The zero-order valence-electron chi connectivity index (χ0n) is 17.1. The molecule has 3 aromatic rings. The molecule has 5 rings (SSSR count). The summed E-state index contributed by atoms with van der Waals surface area (Å²) in [5.41, 5.74) is 14.5. The topological polar surface area (TPSA) is 0 Å². The summed E-state index contributed by atoms with van der Waals surface area (Å²) in [6.45, 7) is 9.18. The fourth-order valence-electron chi connectivity index (χ4n) is 5.34. The lowest BCUT2D eigenvalue weighted by Crippen LogP contribution is -2.09. The number of hydrogen-bond donors (Lipinski definition) is 0. The van der Waals surface area contributed by atoms with E-state index in [2.05, 4.69) is 100 Å². The Kier molecular flexibility index (Phi) is 3.91. The highest BCUT2D eigenvalue weighted by atomic mass is 14.4. The molecule has 2 aliphatic rings. The van der Waals surface area contributed by atoms with Crippen molar-refractivity contribution < 1.29 is 0 Å². The Balaban J connectivity index is 1.73. The average molecular weight is 363 g/mol. The van der Waals surface area contributed by atoms with Crippen molar-refractivity contribution in [3.8, 4) is 0 Å². The van der Waals surface area contributed by atoms with Crippen LogP contribution in [0.3, 0.4) is 0 Å². The van der Waals surface area contributed by atoms with Crippen molar-refractivity contribution >= 4 is 11.1 Å². The summed E-state index contributed by atoms with van der Waals surface area (Å²) in [4.78, 5) is 0. The molecule has 0 radical (unpaired) electrons. The van der Waals surface area contributed by atoms with Gasteiger partial charge in [0.1, 0.15) is 0 Å². The molecular formula is C28H26. The normalized spacial score (nSPS) is 20.6. The van der Waals surface area contributed by atoms with Crippen molar-refractivity contribution in [3.63, 3.8) is 0 Å². The molecule has 3 aromatic carbocycles. The molecular weight excluding hydrogens is 336 g/mol. The zero-order chi connectivity index (χ0) is 19.4. The molecule has 28 heavy (non-hydrogen) atoms. The molecule has 0 amide bonds. The quantitative estimate of drug-likeness (QED) is 0.441.